The second-order valence-electron chi connectivity index (χ2n) is 5.89. The standard InChI is InChI=1S/C22H10F5NOS/c23-19-11-15(12-20(24)21(19)28-13-30)2-1-14-3-5-16(6-4-14)17-7-9-18(10-8-17)29-22(25,26)27/h3-12H. The fourth-order valence-electron chi connectivity index (χ4n) is 2.53. The van der Waals surface area contributed by atoms with Crippen molar-refractivity contribution >= 4 is 23.1 Å². The third-order valence-corrected chi connectivity index (χ3v) is 3.92. The van der Waals surface area contributed by atoms with Gasteiger partial charge in [0, 0.05) is 11.1 Å². The van der Waals surface area contributed by atoms with Crippen LogP contribution >= 0.6 is 12.2 Å². The molecule has 0 heterocycles. The third kappa shape index (κ3) is 5.51. The number of alkyl halides is 3. The van der Waals surface area contributed by atoms with Crippen LogP contribution in [0.5, 0.6) is 5.75 Å². The quantitative estimate of drug-likeness (QED) is 0.200. The molecule has 3 aromatic rings. The number of benzene rings is 3. The highest BCUT2D eigenvalue weighted by Crippen LogP contribution is 2.27. The predicted octanol–water partition coefficient (Wildman–Crippen LogP) is 6.66. The summed E-state index contributed by atoms with van der Waals surface area (Å²) in [5.74, 6) is 3.34. The highest BCUT2D eigenvalue weighted by Gasteiger charge is 2.30. The van der Waals surface area contributed by atoms with E-state index in [1.807, 2.05) is 5.16 Å². The van der Waals surface area contributed by atoms with E-state index in [0.717, 1.165) is 17.7 Å². The average molecular weight is 431 g/mol. The van der Waals surface area contributed by atoms with Gasteiger partial charge in [-0.2, -0.15) is 4.99 Å². The Kier molecular flexibility index (Phi) is 6.26. The van der Waals surface area contributed by atoms with Gasteiger partial charge < -0.3 is 4.74 Å². The van der Waals surface area contributed by atoms with Gasteiger partial charge in [0.25, 0.3) is 0 Å². The zero-order valence-corrected chi connectivity index (χ0v) is 15.7. The summed E-state index contributed by atoms with van der Waals surface area (Å²) in [6, 6.07) is 14.3. The van der Waals surface area contributed by atoms with Gasteiger partial charge in [-0.25, -0.2) is 8.78 Å². The summed E-state index contributed by atoms with van der Waals surface area (Å²) >= 11 is 4.34. The number of rotatable bonds is 3. The van der Waals surface area contributed by atoms with Crippen LogP contribution in [-0.2, 0) is 0 Å². The second kappa shape index (κ2) is 8.87. The Hall–Kier alpha value is -3.53. The van der Waals surface area contributed by atoms with Gasteiger partial charge in [-0.05, 0) is 59.7 Å². The lowest BCUT2D eigenvalue weighted by Crippen LogP contribution is -2.16. The minimum atomic E-state index is -4.75. The molecule has 0 aliphatic carbocycles. The summed E-state index contributed by atoms with van der Waals surface area (Å²) in [5.41, 5.74) is 1.61. The van der Waals surface area contributed by atoms with Gasteiger partial charge in [0.15, 0.2) is 11.6 Å². The topological polar surface area (TPSA) is 21.6 Å². The summed E-state index contributed by atoms with van der Waals surface area (Å²) in [6.07, 6.45) is -4.75. The van der Waals surface area contributed by atoms with E-state index in [1.54, 1.807) is 24.3 Å². The van der Waals surface area contributed by atoms with Crippen molar-refractivity contribution in [2.75, 3.05) is 0 Å². The van der Waals surface area contributed by atoms with Gasteiger partial charge in [-0.15, -0.1) is 13.2 Å². The predicted molar refractivity (Wildman–Crippen MR) is 106 cm³/mol. The minimum absolute atomic E-state index is 0.123. The van der Waals surface area contributed by atoms with E-state index in [-0.39, 0.29) is 11.3 Å². The Bertz CT molecular complexity index is 1150. The van der Waals surface area contributed by atoms with Crippen molar-refractivity contribution in [3.63, 3.8) is 0 Å². The van der Waals surface area contributed by atoms with Crippen LogP contribution in [0, 0.1) is 23.5 Å². The molecule has 0 aliphatic rings. The van der Waals surface area contributed by atoms with Gasteiger partial charge in [0.1, 0.15) is 11.4 Å². The summed E-state index contributed by atoms with van der Waals surface area (Å²) in [4.78, 5) is 3.33. The van der Waals surface area contributed by atoms with Crippen molar-refractivity contribution in [3.05, 3.63) is 83.4 Å². The Labute approximate surface area is 173 Å². The van der Waals surface area contributed by atoms with E-state index in [9.17, 15) is 22.0 Å². The smallest absolute Gasteiger partial charge is 0.406 e. The zero-order valence-electron chi connectivity index (χ0n) is 14.9. The molecule has 2 nitrogen and oxygen atoms in total. The summed E-state index contributed by atoms with van der Waals surface area (Å²) < 4.78 is 68.1. The maximum atomic E-state index is 13.8. The van der Waals surface area contributed by atoms with Crippen LogP contribution in [-0.4, -0.2) is 11.5 Å². The maximum Gasteiger partial charge on any atom is 0.573 e. The van der Waals surface area contributed by atoms with Crippen LogP contribution in [0.3, 0.4) is 0 Å². The summed E-state index contributed by atoms with van der Waals surface area (Å²) in [7, 11) is 0. The molecule has 0 aliphatic heterocycles. The van der Waals surface area contributed by atoms with Crippen molar-refractivity contribution in [2.24, 2.45) is 4.99 Å². The molecule has 0 saturated carbocycles. The molecule has 30 heavy (non-hydrogen) atoms. The van der Waals surface area contributed by atoms with E-state index >= 15 is 0 Å². The van der Waals surface area contributed by atoms with E-state index < -0.39 is 23.7 Å². The highest BCUT2D eigenvalue weighted by molar-refractivity contribution is 7.78. The molecule has 8 heteroatoms. The Balaban J connectivity index is 1.77. The molecular formula is C22H10F5NOS. The van der Waals surface area contributed by atoms with Crippen LogP contribution in [0.2, 0.25) is 0 Å². The lowest BCUT2D eigenvalue weighted by Gasteiger charge is -2.09. The number of aliphatic imine (C=N–C) groups is 1. The number of thiocarbonyl (C=S) groups is 1. The molecule has 0 amide bonds. The first-order valence-electron chi connectivity index (χ1n) is 8.30. The average Bonchev–Trinajstić information content (AvgIpc) is 2.69. The fourth-order valence-corrected chi connectivity index (χ4v) is 2.62. The normalized spacial score (nSPS) is 10.6. The summed E-state index contributed by atoms with van der Waals surface area (Å²) in [6.45, 7) is 0. The molecule has 3 rings (SSSR count). The SMILES string of the molecule is Fc1cc(C#Cc2ccc(-c3ccc(OC(F)(F)F)cc3)cc2)cc(F)c1N=C=S. The van der Waals surface area contributed by atoms with Gasteiger partial charge in [0.05, 0.1) is 5.16 Å². The lowest BCUT2D eigenvalue weighted by atomic mass is 10.0. The molecule has 3 aromatic carbocycles. The molecule has 0 N–H and O–H groups in total. The van der Waals surface area contributed by atoms with Crippen molar-refractivity contribution in [1.29, 1.82) is 0 Å². The first-order chi connectivity index (χ1) is 14.2. The number of nitrogens with zero attached hydrogens (tertiary/aromatic N) is 1. The molecule has 0 radical (unpaired) electrons. The molecule has 0 fully saturated rings. The third-order valence-electron chi connectivity index (χ3n) is 3.83. The van der Waals surface area contributed by atoms with Crippen molar-refractivity contribution in [2.45, 2.75) is 6.36 Å². The van der Waals surface area contributed by atoms with Gasteiger partial charge in [-0.3, -0.25) is 0 Å². The van der Waals surface area contributed by atoms with Gasteiger partial charge in [-0.1, -0.05) is 36.1 Å². The molecule has 0 saturated heterocycles. The Morgan fingerprint density at radius 2 is 1.27 bits per heavy atom. The van der Waals surface area contributed by atoms with Crippen LogP contribution in [0.4, 0.5) is 27.6 Å². The summed E-state index contributed by atoms with van der Waals surface area (Å²) in [5, 5.41) is 1.91. The van der Waals surface area contributed by atoms with E-state index in [2.05, 4.69) is 33.8 Å². The van der Waals surface area contributed by atoms with E-state index in [0.29, 0.717) is 11.1 Å². The number of halogens is 5. The van der Waals surface area contributed by atoms with Crippen molar-refractivity contribution in [3.8, 4) is 28.7 Å². The Morgan fingerprint density at radius 3 is 1.77 bits per heavy atom. The highest BCUT2D eigenvalue weighted by atomic mass is 32.1. The molecular weight excluding hydrogens is 421 g/mol. The van der Waals surface area contributed by atoms with Crippen molar-refractivity contribution in [1.82, 2.24) is 0 Å². The monoisotopic (exact) mass is 431 g/mol. The fraction of sp³-hybridized carbons (Fsp3) is 0.0455. The first kappa shape index (κ1) is 21.2. The van der Waals surface area contributed by atoms with E-state index in [1.165, 1.54) is 24.3 Å². The van der Waals surface area contributed by atoms with Crippen LogP contribution < -0.4 is 4.74 Å². The second-order valence-corrected chi connectivity index (χ2v) is 6.07. The molecule has 0 unspecified atom stereocenters. The maximum absolute atomic E-state index is 13.8. The largest absolute Gasteiger partial charge is 0.573 e. The van der Waals surface area contributed by atoms with Gasteiger partial charge >= 0.3 is 6.36 Å². The minimum Gasteiger partial charge on any atom is -0.406 e. The van der Waals surface area contributed by atoms with Gasteiger partial charge in [0.2, 0.25) is 0 Å². The van der Waals surface area contributed by atoms with Crippen LogP contribution in [0.1, 0.15) is 11.1 Å². The number of hydrogen-bond donors (Lipinski definition) is 0. The molecule has 0 bridgehead atoms. The van der Waals surface area contributed by atoms with E-state index in [4.69, 9.17) is 0 Å². The molecule has 0 aromatic heterocycles. The number of ether oxygens (including phenoxy) is 1. The molecule has 0 atom stereocenters. The number of isothiocyanates is 1. The molecule has 0 spiro atoms. The van der Waals surface area contributed by atoms with Crippen LogP contribution in [0.25, 0.3) is 11.1 Å². The van der Waals surface area contributed by atoms with Crippen LogP contribution in [0.15, 0.2) is 65.7 Å². The van der Waals surface area contributed by atoms with Crippen molar-refractivity contribution < 1.29 is 26.7 Å². The Morgan fingerprint density at radius 1 is 0.767 bits per heavy atom. The number of hydrogen-bond acceptors (Lipinski definition) is 3. The first-order valence-corrected chi connectivity index (χ1v) is 8.71. The molecule has 150 valence electrons. The lowest BCUT2D eigenvalue weighted by molar-refractivity contribution is -0.274. The zero-order chi connectivity index (χ0) is 21.7.